The average molecular weight is 417 g/mol. The van der Waals surface area contributed by atoms with Crippen molar-refractivity contribution in [3.63, 3.8) is 0 Å². The Bertz CT molecular complexity index is 909. The van der Waals surface area contributed by atoms with Crippen LogP contribution in [0.4, 0.5) is 10.7 Å². The van der Waals surface area contributed by atoms with Gasteiger partial charge in [-0.3, -0.25) is 5.32 Å². The Morgan fingerprint density at radius 2 is 1.93 bits per heavy atom. The fourth-order valence-electron chi connectivity index (χ4n) is 1.89. The van der Waals surface area contributed by atoms with Crippen molar-refractivity contribution in [1.29, 1.82) is 0 Å². The van der Waals surface area contributed by atoms with Crippen molar-refractivity contribution in [2.75, 3.05) is 32.8 Å². The van der Waals surface area contributed by atoms with E-state index in [0.29, 0.717) is 0 Å². The number of hydrogen-bond donors (Lipinski definition) is 2. The molecule has 146 valence electrons. The molecule has 0 aliphatic carbocycles. The molecule has 0 radical (unpaired) electrons. The third kappa shape index (κ3) is 5.94. The van der Waals surface area contributed by atoms with E-state index in [1.807, 2.05) is 4.72 Å². The molecule has 2 aromatic rings. The summed E-state index contributed by atoms with van der Waals surface area (Å²) in [7, 11) is -1.38. The second-order valence-corrected chi connectivity index (χ2v) is 6.94. The van der Waals surface area contributed by atoms with Crippen LogP contribution in [0.1, 0.15) is 0 Å². The van der Waals surface area contributed by atoms with Gasteiger partial charge in [-0.25, -0.2) is 22.9 Å². The van der Waals surface area contributed by atoms with E-state index in [-0.39, 0.29) is 40.8 Å². The Kier molecular flexibility index (Phi) is 7.16. The lowest BCUT2D eigenvalue weighted by Gasteiger charge is -2.12. The quantitative estimate of drug-likeness (QED) is 0.491. The molecule has 0 aliphatic heterocycles. The fourth-order valence-corrected chi connectivity index (χ4v) is 3.12. The van der Waals surface area contributed by atoms with Crippen LogP contribution < -0.4 is 19.5 Å². The summed E-state index contributed by atoms with van der Waals surface area (Å²) >= 11 is 5.77. The SMILES string of the molecule is COCCOc1ccccc1S(=O)(=O)NC(=O)Nc1nc(Cl)cc(OC)n1. The summed E-state index contributed by atoms with van der Waals surface area (Å²) in [6.45, 7) is 0.418. The molecule has 2 rings (SSSR count). The van der Waals surface area contributed by atoms with Gasteiger partial charge in [0.15, 0.2) is 0 Å². The number of nitrogens with one attached hydrogen (secondary N) is 2. The number of ether oxygens (including phenoxy) is 3. The number of methoxy groups -OCH3 is 2. The van der Waals surface area contributed by atoms with E-state index in [2.05, 4.69) is 15.3 Å². The highest BCUT2D eigenvalue weighted by atomic mass is 35.5. The summed E-state index contributed by atoms with van der Waals surface area (Å²) in [6, 6.07) is 6.12. The molecule has 1 aromatic carbocycles. The van der Waals surface area contributed by atoms with Gasteiger partial charge in [0.05, 0.1) is 13.7 Å². The van der Waals surface area contributed by atoms with Crippen LogP contribution in [0.2, 0.25) is 5.15 Å². The van der Waals surface area contributed by atoms with Crippen LogP contribution >= 0.6 is 11.6 Å². The van der Waals surface area contributed by atoms with Crippen LogP contribution in [-0.2, 0) is 14.8 Å². The van der Waals surface area contributed by atoms with Gasteiger partial charge in [-0.15, -0.1) is 0 Å². The smallest absolute Gasteiger partial charge is 0.335 e. The number of carbonyl (C=O) groups excluding carboxylic acids is 1. The largest absolute Gasteiger partial charge is 0.490 e. The van der Waals surface area contributed by atoms with E-state index in [4.69, 9.17) is 25.8 Å². The second kappa shape index (κ2) is 9.35. The van der Waals surface area contributed by atoms with Crippen LogP contribution in [0.25, 0.3) is 0 Å². The molecule has 10 nitrogen and oxygen atoms in total. The highest BCUT2D eigenvalue weighted by Gasteiger charge is 2.22. The predicted octanol–water partition coefficient (Wildman–Crippen LogP) is 1.67. The third-order valence-electron chi connectivity index (χ3n) is 3.02. The molecule has 0 aliphatic rings. The van der Waals surface area contributed by atoms with Crippen molar-refractivity contribution in [3.8, 4) is 11.6 Å². The van der Waals surface area contributed by atoms with E-state index in [1.54, 1.807) is 6.07 Å². The Morgan fingerprint density at radius 1 is 1.19 bits per heavy atom. The van der Waals surface area contributed by atoms with Gasteiger partial charge in [-0.2, -0.15) is 4.98 Å². The zero-order chi connectivity index (χ0) is 19.9. The Hall–Kier alpha value is -2.63. The fraction of sp³-hybridized carbons (Fsp3) is 0.267. The number of aromatic nitrogens is 2. The number of sulfonamides is 1. The first-order valence-corrected chi connectivity index (χ1v) is 9.35. The minimum absolute atomic E-state index is 0.0110. The van der Waals surface area contributed by atoms with Gasteiger partial charge in [0.25, 0.3) is 10.0 Å². The third-order valence-corrected chi connectivity index (χ3v) is 4.58. The number of nitrogens with zero attached hydrogens (tertiary/aromatic N) is 2. The van der Waals surface area contributed by atoms with Crippen molar-refractivity contribution in [2.45, 2.75) is 4.90 Å². The van der Waals surface area contributed by atoms with Crippen molar-refractivity contribution in [3.05, 3.63) is 35.5 Å². The van der Waals surface area contributed by atoms with Crippen LogP contribution in [-0.4, -0.2) is 51.9 Å². The first-order valence-electron chi connectivity index (χ1n) is 7.49. The number of benzene rings is 1. The van der Waals surface area contributed by atoms with Crippen molar-refractivity contribution in [2.24, 2.45) is 0 Å². The summed E-state index contributed by atoms with van der Waals surface area (Å²) in [5, 5.41) is 2.19. The number of halogens is 1. The van der Waals surface area contributed by atoms with Gasteiger partial charge >= 0.3 is 6.03 Å². The number of hydrogen-bond acceptors (Lipinski definition) is 8. The maximum absolute atomic E-state index is 12.5. The maximum Gasteiger partial charge on any atom is 0.335 e. The van der Waals surface area contributed by atoms with E-state index in [1.165, 1.54) is 38.5 Å². The van der Waals surface area contributed by atoms with Gasteiger partial charge in [0.2, 0.25) is 11.8 Å². The zero-order valence-electron chi connectivity index (χ0n) is 14.4. The summed E-state index contributed by atoms with van der Waals surface area (Å²) in [5.74, 6) is -0.0442. The van der Waals surface area contributed by atoms with Crippen molar-refractivity contribution in [1.82, 2.24) is 14.7 Å². The number of urea groups is 1. The van der Waals surface area contributed by atoms with Gasteiger partial charge in [-0.05, 0) is 12.1 Å². The van der Waals surface area contributed by atoms with E-state index < -0.39 is 16.1 Å². The Morgan fingerprint density at radius 3 is 2.63 bits per heavy atom. The molecular formula is C15H17ClN4O6S. The van der Waals surface area contributed by atoms with Crippen LogP contribution in [0.15, 0.2) is 35.2 Å². The highest BCUT2D eigenvalue weighted by molar-refractivity contribution is 7.90. The molecule has 0 saturated heterocycles. The minimum atomic E-state index is -4.22. The number of anilines is 1. The maximum atomic E-state index is 12.5. The Labute approximate surface area is 160 Å². The molecule has 0 spiro atoms. The molecular weight excluding hydrogens is 400 g/mol. The minimum Gasteiger partial charge on any atom is -0.490 e. The number of carbonyl (C=O) groups is 1. The summed E-state index contributed by atoms with van der Waals surface area (Å²) in [5.41, 5.74) is 0. The summed E-state index contributed by atoms with van der Waals surface area (Å²) in [4.78, 5) is 19.5. The first kappa shape index (κ1) is 20.7. The lowest BCUT2D eigenvalue weighted by Crippen LogP contribution is -2.35. The zero-order valence-corrected chi connectivity index (χ0v) is 16.0. The monoisotopic (exact) mass is 416 g/mol. The predicted molar refractivity (Wildman–Crippen MR) is 96.7 cm³/mol. The molecule has 2 N–H and O–H groups in total. The average Bonchev–Trinajstić information content (AvgIpc) is 2.61. The molecule has 1 aromatic heterocycles. The standard InChI is InChI=1S/C15H17ClN4O6S/c1-24-7-8-26-10-5-3-4-6-11(10)27(22,23)20-15(21)19-14-17-12(16)9-13(18-14)25-2/h3-6,9H,7-8H2,1-2H3,(H2,17,18,19,20,21). The van der Waals surface area contributed by atoms with Crippen LogP contribution in [0.3, 0.4) is 0 Å². The van der Waals surface area contributed by atoms with E-state index >= 15 is 0 Å². The normalized spacial score (nSPS) is 10.9. The number of para-hydroxylation sites is 1. The number of rotatable bonds is 8. The molecule has 0 bridgehead atoms. The molecule has 12 heteroatoms. The Balaban J connectivity index is 2.14. The number of amides is 2. The molecule has 27 heavy (non-hydrogen) atoms. The lowest BCUT2D eigenvalue weighted by molar-refractivity contribution is 0.144. The van der Waals surface area contributed by atoms with Crippen molar-refractivity contribution >= 4 is 33.6 Å². The van der Waals surface area contributed by atoms with Crippen molar-refractivity contribution < 1.29 is 27.4 Å². The molecule has 1 heterocycles. The van der Waals surface area contributed by atoms with Crippen LogP contribution in [0, 0.1) is 0 Å². The second-order valence-electron chi connectivity index (χ2n) is 4.90. The van der Waals surface area contributed by atoms with E-state index in [9.17, 15) is 13.2 Å². The molecule has 0 saturated carbocycles. The highest BCUT2D eigenvalue weighted by Crippen LogP contribution is 2.23. The van der Waals surface area contributed by atoms with Crippen LogP contribution in [0.5, 0.6) is 11.6 Å². The van der Waals surface area contributed by atoms with Gasteiger partial charge < -0.3 is 14.2 Å². The lowest BCUT2D eigenvalue weighted by atomic mass is 10.3. The molecule has 2 amide bonds. The molecule has 0 unspecified atom stereocenters. The topological polar surface area (TPSA) is 129 Å². The summed E-state index contributed by atoms with van der Waals surface area (Å²) in [6.07, 6.45) is 0. The molecule has 0 atom stereocenters. The summed E-state index contributed by atoms with van der Waals surface area (Å²) < 4.78 is 42.0. The molecule has 0 fully saturated rings. The van der Waals surface area contributed by atoms with E-state index in [0.717, 1.165) is 0 Å². The van der Waals surface area contributed by atoms with Gasteiger partial charge in [0, 0.05) is 13.2 Å². The first-order chi connectivity index (χ1) is 12.9. The van der Waals surface area contributed by atoms with Gasteiger partial charge in [0.1, 0.15) is 22.4 Å². The van der Waals surface area contributed by atoms with Gasteiger partial charge in [-0.1, -0.05) is 23.7 Å².